The van der Waals surface area contributed by atoms with Crippen molar-refractivity contribution in [3.8, 4) is 5.75 Å². The van der Waals surface area contributed by atoms with E-state index in [0.717, 1.165) is 31.2 Å². The fourth-order valence-electron chi connectivity index (χ4n) is 3.81. The van der Waals surface area contributed by atoms with E-state index in [2.05, 4.69) is 10.6 Å². The zero-order chi connectivity index (χ0) is 18.1. The van der Waals surface area contributed by atoms with Crippen molar-refractivity contribution in [2.45, 2.75) is 31.1 Å². The Bertz CT molecular complexity index is 858. The molecule has 0 aromatic heterocycles. The van der Waals surface area contributed by atoms with E-state index >= 15 is 0 Å². The molecule has 2 amide bonds. The number of fused-ring (bicyclic) bond motifs is 1. The largest absolute Gasteiger partial charge is 0.482 e. The normalized spacial score (nSPS) is 17.8. The molecule has 6 heteroatoms. The third-order valence-corrected chi connectivity index (χ3v) is 5.16. The van der Waals surface area contributed by atoms with Crippen molar-refractivity contribution in [2.75, 3.05) is 17.2 Å². The molecule has 1 aliphatic heterocycles. The van der Waals surface area contributed by atoms with Gasteiger partial charge in [0.15, 0.2) is 6.61 Å². The molecule has 1 saturated carbocycles. The van der Waals surface area contributed by atoms with Crippen LogP contribution >= 0.6 is 0 Å². The van der Waals surface area contributed by atoms with Gasteiger partial charge in [-0.1, -0.05) is 25.0 Å². The Morgan fingerprint density at radius 1 is 1.12 bits per heavy atom. The number of hydrogen-bond acceptors (Lipinski definition) is 3. The van der Waals surface area contributed by atoms with Crippen LogP contribution < -0.4 is 15.4 Å². The number of ether oxygens (including phenoxy) is 1. The lowest BCUT2D eigenvalue weighted by Crippen LogP contribution is -2.38. The van der Waals surface area contributed by atoms with Gasteiger partial charge >= 0.3 is 0 Å². The van der Waals surface area contributed by atoms with Crippen molar-refractivity contribution in [3.63, 3.8) is 0 Å². The molecule has 0 radical (unpaired) electrons. The molecule has 1 heterocycles. The third-order valence-electron chi connectivity index (χ3n) is 5.16. The van der Waals surface area contributed by atoms with Gasteiger partial charge in [0.1, 0.15) is 11.6 Å². The van der Waals surface area contributed by atoms with Crippen LogP contribution in [0.1, 0.15) is 31.2 Å². The zero-order valence-corrected chi connectivity index (χ0v) is 14.2. The van der Waals surface area contributed by atoms with Crippen LogP contribution in [0.2, 0.25) is 0 Å². The summed E-state index contributed by atoms with van der Waals surface area (Å²) >= 11 is 0. The van der Waals surface area contributed by atoms with Crippen LogP contribution in [0.4, 0.5) is 15.8 Å². The van der Waals surface area contributed by atoms with E-state index in [9.17, 15) is 14.0 Å². The maximum atomic E-state index is 13.3. The van der Waals surface area contributed by atoms with Crippen molar-refractivity contribution >= 4 is 23.2 Å². The van der Waals surface area contributed by atoms with Crippen molar-refractivity contribution in [2.24, 2.45) is 0 Å². The number of anilines is 2. The van der Waals surface area contributed by atoms with Gasteiger partial charge in [-0.15, -0.1) is 0 Å². The van der Waals surface area contributed by atoms with E-state index in [0.29, 0.717) is 17.1 Å². The molecule has 0 bridgehead atoms. The molecule has 2 aliphatic rings. The molecule has 5 nitrogen and oxygen atoms in total. The molecule has 0 saturated heterocycles. The molecule has 134 valence electrons. The quantitative estimate of drug-likeness (QED) is 0.885. The number of amides is 2. The number of benzene rings is 2. The smallest absolute Gasteiger partial charge is 0.262 e. The Morgan fingerprint density at radius 2 is 1.85 bits per heavy atom. The molecule has 2 aromatic rings. The number of carbonyl (C=O) groups is 2. The molecular formula is C20H19FN2O3. The summed E-state index contributed by atoms with van der Waals surface area (Å²) in [6, 6.07) is 11.4. The Kier molecular flexibility index (Phi) is 4.11. The van der Waals surface area contributed by atoms with E-state index in [-0.39, 0.29) is 24.2 Å². The first-order valence-electron chi connectivity index (χ1n) is 8.71. The first-order chi connectivity index (χ1) is 12.6. The number of halogens is 1. The van der Waals surface area contributed by atoms with Crippen molar-refractivity contribution < 1.29 is 18.7 Å². The van der Waals surface area contributed by atoms with Crippen molar-refractivity contribution in [3.05, 3.63) is 53.8 Å². The minimum atomic E-state index is -0.649. The van der Waals surface area contributed by atoms with Crippen LogP contribution in [0.15, 0.2) is 42.5 Å². The minimum Gasteiger partial charge on any atom is -0.482 e. The lowest BCUT2D eigenvalue weighted by molar-refractivity contribution is -0.121. The van der Waals surface area contributed by atoms with Crippen LogP contribution in [-0.2, 0) is 15.0 Å². The summed E-state index contributed by atoms with van der Waals surface area (Å²) < 4.78 is 18.6. The number of rotatable bonds is 3. The predicted octanol–water partition coefficient (Wildman–Crippen LogP) is 3.61. The van der Waals surface area contributed by atoms with Gasteiger partial charge in [-0.3, -0.25) is 9.59 Å². The average molecular weight is 354 g/mol. The number of hydrogen-bond donors (Lipinski definition) is 2. The molecule has 2 aromatic carbocycles. The summed E-state index contributed by atoms with van der Waals surface area (Å²) in [5.74, 6) is -0.0615. The van der Waals surface area contributed by atoms with E-state index in [1.165, 1.54) is 12.1 Å². The summed E-state index contributed by atoms with van der Waals surface area (Å²) in [7, 11) is 0. The van der Waals surface area contributed by atoms with Gasteiger partial charge in [0.2, 0.25) is 5.91 Å². The lowest BCUT2D eigenvalue weighted by atomic mass is 9.78. The summed E-state index contributed by atoms with van der Waals surface area (Å²) in [6.45, 7) is -0.00756. The topological polar surface area (TPSA) is 67.4 Å². The van der Waals surface area contributed by atoms with E-state index in [1.54, 1.807) is 30.3 Å². The maximum absolute atomic E-state index is 13.3. The van der Waals surface area contributed by atoms with Gasteiger partial charge in [-0.25, -0.2) is 4.39 Å². The van der Waals surface area contributed by atoms with E-state index < -0.39 is 5.41 Å². The second-order valence-electron chi connectivity index (χ2n) is 6.80. The zero-order valence-electron chi connectivity index (χ0n) is 14.2. The Morgan fingerprint density at radius 3 is 2.58 bits per heavy atom. The molecule has 2 N–H and O–H groups in total. The summed E-state index contributed by atoms with van der Waals surface area (Å²) in [6.07, 6.45) is 3.38. The predicted molar refractivity (Wildman–Crippen MR) is 95.7 cm³/mol. The highest BCUT2D eigenvalue weighted by molar-refractivity contribution is 6.01. The summed E-state index contributed by atoms with van der Waals surface area (Å²) in [5.41, 5.74) is 1.32. The molecule has 26 heavy (non-hydrogen) atoms. The van der Waals surface area contributed by atoms with Crippen LogP contribution in [-0.4, -0.2) is 18.4 Å². The van der Waals surface area contributed by atoms with Crippen LogP contribution in [0, 0.1) is 5.82 Å². The highest BCUT2D eigenvalue weighted by Crippen LogP contribution is 2.42. The molecule has 0 unspecified atom stereocenters. The van der Waals surface area contributed by atoms with Gasteiger partial charge in [0.25, 0.3) is 5.91 Å². The second-order valence-corrected chi connectivity index (χ2v) is 6.80. The fourth-order valence-corrected chi connectivity index (χ4v) is 3.81. The van der Waals surface area contributed by atoms with Crippen LogP contribution in [0.25, 0.3) is 0 Å². The lowest BCUT2D eigenvalue weighted by Gasteiger charge is -2.28. The third kappa shape index (κ3) is 2.92. The highest BCUT2D eigenvalue weighted by Gasteiger charge is 2.42. The molecule has 1 aliphatic carbocycles. The number of carbonyl (C=O) groups excluding carboxylic acids is 2. The van der Waals surface area contributed by atoms with Gasteiger partial charge in [-0.05, 0) is 48.7 Å². The Balaban J connectivity index is 1.61. The fraction of sp³-hybridized carbons (Fsp3) is 0.300. The summed E-state index contributed by atoms with van der Waals surface area (Å²) in [4.78, 5) is 24.6. The Labute approximate surface area is 150 Å². The van der Waals surface area contributed by atoms with Gasteiger partial charge in [0, 0.05) is 5.69 Å². The van der Waals surface area contributed by atoms with Gasteiger partial charge < -0.3 is 15.4 Å². The molecule has 0 spiro atoms. The first-order valence-corrected chi connectivity index (χ1v) is 8.71. The molecule has 4 rings (SSSR count). The van der Waals surface area contributed by atoms with Crippen LogP contribution in [0.3, 0.4) is 0 Å². The minimum absolute atomic E-state index is 0.00756. The highest BCUT2D eigenvalue weighted by atomic mass is 19.1. The first kappa shape index (κ1) is 16.6. The average Bonchev–Trinajstić information content (AvgIpc) is 3.13. The second kappa shape index (κ2) is 6.44. The van der Waals surface area contributed by atoms with E-state index in [4.69, 9.17) is 4.74 Å². The van der Waals surface area contributed by atoms with Crippen LogP contribution in [0.5, 0.6) is 5.75 Å². The Hall–Kier alpha value is -2.89. The van der Waals surface area contributed by atoms with Gasteiger partial charge in [-0.2, -0.15) is 0 Å². The van der Waals surface area contributed by atoms with Crippen molar-refractivity contribution in [1.82, 2.24) is 0 Å². The molecular weight excluding hydrogens is 335 g/mol. The SMILES string of the molecule is O=C1COc2ccc(NC(=O)C3(c4ccc(F)cc4)CCCC3)cc2N1. The standard InChI is InChI=1S/C20H19FN2O3/c21-14-5-3-13(4-6-14)20(9-1-2-10-20)19(25)22-15-7-8-17-16(11-15)23-18(24)12-26-17/h3-8,11H,1-2,9-10,12H2,(H,22,25)(H,23,24). The number of nitrogens with one attached hydrogen (secondary N) is 2. The van der Waals surface area contributed by atoms with Gasteiger partial charge in [0.05, 0.1) is 11.1 Å². The van der Waals surface area contributed by atoms with Crippen molar-refractivity contribution in [1.29, 1.82) is 0 Å². The monoisotopic (exact) mass is 354 g/mol. The van der Waals surface area contributed by atoms with E-state index in [1.807, 2.05) is 0 Å². The molecule has 0 atom stereocenters. The summed E-state index contributed by atoms with van der Waals surface area (Å²) in [5, 5.41) is 5.70. The molecule has 1 fully saturated rings. The maximum Gasteiger partial charge on any atom is 0.262 e.